The topological polar surface area (TPSA) is 85.3 Å². The number of aliphatic hydroxyl groups is 1. The highest BCUT2D eigenvalue weighted by Crippen LogP contribution is 2.41. The van der Waals surface area contributed by atoms with Gasteiger partial charge in [-0.05, 0) is 61.7 Å². The number of likely N-dealkylation sites (tertiary alicyclic amines) is 1. The minimum Gasteiger partial charge on any atom is -0.507 e. The Labute approximate surface area is 193 Å². The lowest BCUT2D eigenvalue weighted by atomic mass is 9.94. The fraction of sp³-hybridized carbons (Fsp3) is 0.385. The average Bonchev–Trinajstić information content (AvgIpc) is 3.36. The molecule has 1 fully saturated rings. The number of methoxy groups -OCH3 is 1. The van der Waals surface area contributed by atoms with Gasteiger partial charge in [-0.2, -0.15) is 0 Å². The van der Waals surface area contributed by atoms with E-state index in [0.717, 1.165) is 17.7 Å². The number of ketones is 1. The number of carbonyl (C=O) groups excluding carboxylic acids is 2. The van der Waals surface area contributed by atoms with E-state index in [9.17, 15) is 14.7 Å². The van der Waals surface area contributed by atoms with Crippen molar-refractivity contribution in [1.29, 1.82) is 0 Å². The summed E-state index contributed by atoms with van der Waals surface area (Å²) in [5, 5.41) is 11.3. The zero-order valence-corrected chi connectivity index (χ0v) is 19.2. The number of aliphatic hydroxyl groups excluding tert-OH is 1. The molecule has 2 aliphatic rings. The normalized spacial score (nSPS) is 19.2. The number of Topliss-reactive ketones (excluding diaryl/α,β-unsaturated/α-hetero) is 1. The molecule has 0 spiro atoms. The van der Waals surface area contributed by atoms with Crippen LogP contribution in [0.1, 0.15) is 43.0 Å². The SMILES string of the molecule is COCCCN1C(=O)C(=O)/C(=C(\O)c2ccc3c(c2)CCO3)C1c1cccc(OC(C)C)c1. The van der Waals surface area contributed by atoms with Gasteiger partial charge in [-0.15, -0.1) is 0 Å². The maximum Gasteiger partial charge on any atom is 0.295 e. The fourth-order valence-electron chi connectivity index (χ4n) is 4.36. The second-order valence-electron chi connectivity index (χ2n) is 8.50. The van der Waals surface area contributed by atoms with E-state index in [1.807, 2.05) is 44.2 Å². The molecule has 2 aromatic rings. The second kappa shape index (κ2) is 9.67. The molecule has 0 radical (unpaired) electrons. The number of ether oxygens (including phenoxy) is 3. The van der Waals surface area contributed by atoms with E-state index in [2.05, 4.69) is 0 Å². The Balaban J connectivity index is 1.80. The molecule has 0 saturated carbocycles. The number of hydrogen-bond acceptors (Lipinski definition) is 6. The van der Waals surface area contributed by atoms with Gasteiger partial charge in [0.1, 0.15) is 17.3 Å². The Hall–Kier alpha value is -3.32. The molecule has 2 heterocycles. The van der Waals surface area contributed by atoms with Gasteiger partial charge in [0.25, 0.3) is 11.7 Å². The highest BCUT2D eigenvalue weighted by molar-refractivity contribution is 6.46. The molecule has 2 aliphatic heterocycles. The van der Waals surface area contributed by atoms with Crippen molar-refractivity contribution in [2.45, 2.75) is 38.8 Å². The Morgan fingerprint density at radius 3 is 2.79 bits per heavy atom. The minimum atomic E-state index is -0.720. The van der Waals surface area contributed by atoms with Crippen LogP contribution in [0.5, 0.6) is 11.5 Å². The number of nitrogens with zero attached hydrogens (tertiary/aromatic N) is 1. The van der Waals surface area contributed by atoms with Crippen LogP contribution in [0.4, 0.5) is 0 Å². The van der Waals surface area contributed by atoms with E-state index >= 15 is 0 Å². The highest BCUT2D eigenvalue weighted by Gasteiger charge is 2.46. The molecule has 0 aliphatic carbocycles. The summed E-state index contributed by atoms with van der Waals surface area (Å²) in [4.78, 5) is 27.7. The van der Waals surface area contributed by atoms with Crippen LogP contribution >= 0.6 is 0 Å². The van der Waals surface area contributed by atoms with Crippen molar-refractivity contribution >= 4 is 17.4 Å². The van der Waals surface area contributed by atoms with Crippen LogP contribution in [0.25, 0.3) is 5.76 Å². The van der Waals surface area contributed by atoms with E-state index < -0.39 is 17.7 Å². The number of rotatable bonds is 8. The van der Waals surface area contributed by atoms with Gasteiger partial charge in [-0.3, -0.25) is 9.59 Å². The van der Waals surface area contributed by atoms with Gasteiger partial charge in [0.15, 0.2) is 0 Å². The van der Waals surface area contributed by atoms with Gasteiger partial charge in [0.05, 0.1) is 24.3 Å². The number of carbonyl (C=O) groups is 2. The van der Waals surface area contributed by atoms with Gasteiger partial charge in [0, 0.05) is 32.2 Å². The molecular weight excluding hydrogens is 422 g/mol. The van der Waals surface area contributed by atoms with Gasteiger partial charge in [-0.25, -0.2) is 0 Å². The molecule has 1 N–H and O–H groups in total. The third-order valence-corrected chi connectivity index (χ3v) is 5.80. The summed E-state index contributed by atoms with van der Waals surface area (Å²) in [6.07, 6.45) is 1.28. The van der Waals surface area contributed by atoms with Crippen molar-refractivity contribution in [3.05, 3.63) is 64.7 Å². The Morgan fingerprint density at radius 1 is 1.21 bits per heavy atom. The summed E-state index contributed by atoms with van der Waals surface area (Å²) < 4.78 is 16.5. The largest absolute Gasteiger partial charge is 0.507 e. The van der Waals surface area contributed by atoms with Gasteiger partial charge in [-0.1, -0.05) is 12.1 Å². The first-order valence-electron chi connectivity index (χ1n) is 11.2. The Kier molecular flexibility index (Phi) is 6.70. The van der Waals surface area contributed by atoms with Crippen LogP contribution in [0, 0.1) is 0 Å². The second-order valence-corrected chi connectivity index (χ2v) is 8.50. The van der Waals surface area contributed by atoms with Crippen LogP contribution in [0.3, 0.4) is 0 Å². The number of benzene rings is 2. The lowest BCUT2D eigenvalue weighted by molar-refractivity contribution is -0.140. The zero-order chi connectivity index (χ0) is 23.5. The van der Waals surface area contributed by atoms with E-state index in [0.29, 0.717) is 43.1 Å². The molecule has 7 heteroatoms. The highest BCUT2D eigenvalue weighted by atomic mass is 16.5. The number of hydrogen-bond donors (Lipinski definition) is 1. The summed E-state index contributed by atoms with van der Waals surface area (Å²) in [7, 11) is 1.59. The maximum absolute atomic E-state index is 13.1. The van der Waals surface area contributed by atoms with Crippen molar-refractivity contribution in [1.82, 2.24) is 4.90 Å². The first-order chi connectivity index (χ1) is 15.9. The van der Waals surface area contributed by atoms with Crippen LogP contribution in [-0.2, 0) is 20.7 Å². The molecule has 1 amide bonds. The maximum atomic E-state index is 13.1. The van der Waals surface area contributed by atoms with E-state index in [1.54, 1.807) is 19.2 Å². The van der Waals surface area contributed by atoms with E-state index in [4.69, 9.17) is 14.2 Å². The standard InChI is InChI=1S/C26H29NO6/c1-16(2)33-20-7-4-6-18(15-20)23-22(25(29)26(30)27(23)11-5-12-31-3)24(28)19-8-9-21-17(14-19)10-13-32-21/h4,6-9,14-16,23,28H,5,10-13H2,1-3H3/b24-22-. The molecule has 1 atom stereocenters. The van der Waals surface area contributed by atoms with Crippen molar-refractivity contribution < 1.29 is 28.9 Å². The fourth-order valence-corrected chi connectivity index (χ4v) is 4.36. The molecule has 0 aromatic heterocycles. The quantitative estimate of drug-likeness (QED) is 0.284. The molecule has 1 saturated heterocycles. The molecular formula is C26H29NO6. The van der Waals surface area contributed by atoms with Crippen LogP contribution in [-0.4, -0.2) is 54.7 Å². The van der Waals surface area contributed by atoms with Gasteiger partial charge < -0.3 is 24.2 Å². The van der Waals surface area contributed by atoms with Gasteiger partial charge >= 0.3 is 0 Å². The molecule has 174 valence electrons. The third-order valence-electron chi connectivity index (χ3n) is 5.80. The third kappa shape index (κ3) is 4.59. The zero-order valence-electron chi connectivity index (χ0n) is 19.2. The molecule has 7 nitrogen and oxygen atoms in total. The molecule has 4 rings (SSSR count). The Bertz CT molecular complexity index is 1090. The molecule has 0 bridgehead atoms. The lowest BCUT2D eigenvalue weighted by Crippen LogP contribution is -2.31. The van der Waals surface area contributed by atoms with Crippen LogP contribution in [0.15, 0.2) is 48.0 Å². The van der Waals surface area contributed by atoms with E-state index in [1.165, 1.54) is 4.90 Å². The smallest absolute Gasteiger partial charge is 0.295 e. The van der Waals surface area contributed by atoms with Crippen LogP contribution in [0.2, 0.25) is 0 Å². The monoisotopic (exact) mass is 451 g/mol. The first-order valence-corrected chi connectivity index (χ1v) is 11.2. The summed E-state index contributed by atoms with van der Waals surface area (Å²) in [6.45, 7) is 5.23. The molecule has 2 aromatic carbocycles. The summed E-state index contributed by atoms with van der Waals surface area (Å²) in [6, 6.07) is 11.9. The number of fused-ring (bicyclic) bond motifs is 1. The molecule has 1 unspecified atom stereocenters. The van der Waals surface area contributed by atoms with Crippen molar-refractivity contribution in [3.63, 3.8) is 0 Å². The average molecular weight is 452 g/mol. The van der Waals surface area contributed by atoms with Crippen molar-refractivity contribution in [3.8, 4) is 11.5 Å². The van der Waals surface area contributed by atoms with E-state index in [-0.39, 0.29) is 17.4 Å². The van der Waals surface area contributed by atoms with Crippen molar-refractivity contribution in [2.24, 2.45) is 0 Å². The predicted molar refractivity (Wildman–Crippen MR) is 123 cm³/mol. The lowest BCUT2D eigenvalue weighted by Gasteiger charge is -2.26. The Morgan fingerprint density at radius 2 is 2.03 bits per heavy atom. The summed E-state index contributed by atoms with van der Waals surface area (Å²) in [5.74, 6) is -0.0852. The number of amides is 1. The van der Waals surface area contributed by atoms with Gasteiger partial charge in [0.2, 0.25) is 0 Å². The predicted octanol–water partition coefficient (Wildman–Crippen LogP) is 3.87. The minimum absolute atomic E-state index is 0.0260. The molecule has 33 heavy (non-hydrogen) atoms. The van der Waals surface area contributed by atoms with Crippen LogP contribution < -0.4 is 9.47 Å². The first kappa shape index (κ1) is 22.9. The van der Waals surface area contributed by atoms with Crippen molar-refractivity contribution in [2.75, 3.05) is 26.9 Å². The summed E-state index contributed by atoms with van der Waals surface area (Å²) >= 11 is 0. The summed E-state index contributed by atoms with van der Waals surface area (Å²) in [5.41, 5.74) is 2.25.